The second-order valence-electron chi connectivity index (χ2n) is 11.0. The molecule has 0 spiro atoms. The van der Waals surface area contributed by atoms with Crippen LogP contribution in [-0.2, 0) is 16.0 Å². The maximum Gasteiger partial charge on any atom is 0.414 e. The first-order valence-corrected chi connectivity index (χ1v) is 13.3. The topological polar surface area (TPSA) is 105 Å². The zero-order valence-corrected chi connectivity index (χ0v) is 21.3. The number of rotatable bonds is 4. The van der Waals surface area contributed by atoms with E-state index in [1.807, 2.05) is 23.6 Å². The summed E-state index contributed by atoms with van der Waals surface area (Å²) in [4.78, 5) is 30.9. The van der Waals surface area contributed by atoms with Crippen molar-refractivity contribution in [3.63, 3.8) is 0 Å². The van der Waals surface area contributed by atoms with Gasteiger partial charge in [0, 0.05) is 30.5 Å². The van der Waals surface area contributed by atoms with Crippen LogP contribution in [0.5, 0.6) is 0 Å². The number of amides is 1. The number of hydrogen-bond acceptors (Lipinski definition) is 5. The van der Waals surface area contributed by atoms with Crippen LogP contribution in [0, 0.1) is 11.8 Å². The summed E-state index contributed by atoms with van der Waals surface area (Å²) in [6.07, 6.45) is 2.31. The largest absolute Gasteiger partial charge is 0.481 e. The summed E-state index contributed by atoms with van der Waals surface area (Å²) in [5, 5.41) is 21.2. The first-order chi connectivity index (χ1) is 17.6. The molecule has 10 heteroatoms. The van der Waals surface area contributed by atoms with E-state index >= 15 is 0 Å². The lowest BCUT2D eigenvalue weighted by molar-refractivity contribution is -0.143. The van der Waals surface area contributed by atoms with Crippen LogP contribution < -0.4 is 4.90 Å². The molecule has 1 amide bonds. The Kier molecular flexibility index (Phi) is 6.89. The van der Waals surface area contributed by atoms with Gasteiger partial charge in [-0.3, -0.25) is 9.69 Å². The van der Waals surface area contributed by atoms with Gasteiger partial charge in [-0.1, -0.05) is 6.42 Å². The number of aryl methyl sites for hydroxylation is 1. The van der Waals surface area contributed by atoms with Gasteiger partial charge in [0.1, 0.15) is 11.9 Å². The van der Waals surface area contributed by atoms with E-state index in [4.69, 9.17) is 9.72 Å². The van der Waals surface area contributed by atoms with Gasteiger partial charge in [0.05, 0.1) is 29.7 Å². The first kappa shape index (κ1) is 25.9. The second-order valence-corrected chi connectivity index (χ2v) is 11.0. The van der Waals surface area contributed by atoms with Crippen LogP contribution >= 0.6 is 0 Å². The Balaban J connectivity index is 1.62. The van der Waals surface area contributed by atoms with Gasteiger partial charge in [0.2, 0.25) is 5.92 Å². The van der Waals surface area contributed by atoms with Gasteiger partial charge in [0.15, 0.2) is 0 Å². The number of hydrogen-bond donors (Lipinski definition) is 2. The average Bonchev–Trinajstić information content (AvgIpc) is 3.27. The molecule has 1 aromatic carbocycles. The number of aliphatic carboxylic acids is 1. The summed E-state index contributed by atoms with van der Waals surface area (Å²) in [5.41, 5.74) is 3.05. The van der Waals surface area contributed by atoms with E-state index in [9.17, 15) is 28.6 Å². The minimum Gasteiger partial charge on any atom is -0.481 e. The molecule has 202 valence electrons. The number of aliphatic hydroxyl groups is 1. The maximum absolute atomic E-state index is 13.9. The fourth-order valence-corrected chi connectivity index (χ4v) is 6.60. The van der Waals surface area contributed by atoms with Crippen molar-refractivity contribution in [2.24, 2.45) is 11.8 Å². The summed E-state index contributed by atoms with van der Waals surface area (Å²) < 4.78 is 34.7. The molecule has 2 fully saturated rings. The van der Waals surface area contributed by atoms with E-state index in [1.165, 1.54) is 7.11 Å². The molecule has 0 radical (unpaired) electrons. The molecule has 2 aromatic rings. The van der Waals surface area contributed by atoms with E-state index in [0.717, 1.165) is 23.9 Å². The van der Waals surface area contributed by atoms with Crippen LogP contribution in [-0.4, -0.2) is 50.9 Å². The van der Waals surface area contributed by atoms with Crippen molar-refractivity contribution in [2.45, 2.75) is 95.2 Å². The van der Waals surface area contributed by atoms with Crippen LogP contribution in [0.15, 0.2) is 12.1 Å². The lowest BCUT2D eigenvalue weighted by Crippen LogP contribution is -2.42. The standard InChI is InChI=1S/C27H35F2N3O5/c1-15-6-7-19-20(31(15)26(36)37-2)8-9-21-22(19)30-24(23(33)16-10-12-27(28,29)13-11-16)32(21)18-5-3-4-17(14-18)25(34)35/h8-9,15-18,23,33H,3-7,10-14H2,1-2H3,(H,34,35)/t15?,17-,18-,23+/m1/s1. The fourth-order valence-electron chi connectivity index (χ4n) is 6.60. The highest BCUT2D eigenvalue weighted by molar-refractivity contribution is 5.95. The molecule has 1 aromatic heterocycles. The van der Waals surface area contributed by atoms with Crippen LogP contribution in [0.4, 0.5) is 19.3 Å². The maximum atomic E-state index is 13.9. The van der Waals surface area contributed by atoms with Crippen molar-refractivity contribution in [2.75, 3.05) is 12.0 Å². The lowest BCUT2D eigenvalue weighted by atomic mass is 9.82. The predicted molar refractivity (Wildman–Crippen MR) is 133 cm³/mol. The number of fused-ring (bicyclic) bond motifs is 3. The quantitative estimate of drug-likeness (QED) is 0.543. The van der Waals surface area contributed by atoms with E-state index in [2.05, 4.69) is 0 Å². The highest BCUT2D eigenvalue weighted by Gasteiger charge is 2.41. The van der Waals surface area contributed by atoms with Crippen LogP contribution in [0.25, 0.3) is 11.0 Å². The number of carbonyl (C=O) groups excluding carboxylic acids is 1. The Bertz CT molecular complexity index is 1190. The van der Waals surface area contributed by atoms with Gasteiger partial charge >= 0.3 is 12.1 Å². The number of carboxylic acids is 1. The number of aromatic nitrogens is 2. The number of anilines is 1. The van der Waals surface area contributed by atoms with Gasteiger partial charge in [-0.25, -0.2) is 18.6 Å². The van der Waals surface area contributed by atoms with Gasteiger partial charge in [-0.05, 0) is 69.9 Å². The average molecular weight is 520 g/mol. The number of carbonyl (C=O) groups is 2. The van der Waals surface area contributed by atoms with Crippen molar-refractivity contribution in [3.05, 3.63) is 23.5 Å². The summed E-state index contributed by atoms with van der Waals surface area (Å²) in [7, 11) is 1.35. The van der Waals surface area contributed by atoms with Crippen molar-refractivity contribution in [3.8, 4) is 0 Å². The first-order valence-electron chi connectivity index (χ1n) is 13.3. The minimum absolute atomic E-state index is 0.0527. The number of carboxylic acid groups (broad SMARTS) is 1. The zero-order valence-electron chi connectivity index (χ0n) is 21.3. The van der Waals surface area contributed by atoms with E-state index < -0.39 is 30.0 Å². The van der Waals surface area contributed by atoms with Gasteiger partial charge < -0.3 is 19.5 Å². The normalized spacial score (nSPS) is 27.1. The molecule has 0 bridgehead atoms. The molecule has 5 rings (SSSR count). The predicted octanol–water partition coefficient (Wildman–Crippen LogP) is 5.62. The molecule has 1 unspecified atom stereocenters. The van der Waals surface area contributed by atoms with E-state index in [-0.39, 0.29) is 43.7 Å². The van der Waals surface area contributed by atoms with Crippen molar-refractivity contribution in [1.29, 1.82) is 0 Å². The molecule has 2 heterocycles. The number of aliphatic hydroxyl groups excluding tert-OH is 1. The number of alkyl halides is 2. The monoisotopic (exact) mass is 519 g/mol. The highest BCUT2D eigenvalue weighted by atomic mass is 19.3. The van der Waals surface area contributed by atoms with Gasteiger partial charge in [-0.2, -0.15) is 0 Å². The third-order valence-corrected chi connectivity index (χ3v) is 8.69. The number of nitrogens with zero attached hydrogens (tertiary/aromatic N) is 3. The van der Waals surface area contributed by atoms with Crippen LogP contribution in [0.1, 0.15) is 88.2 Å². The van der Waals surface area contributed by atoms with Gasteiger partial charge in [0.25, 0.3) is 0 Å². The third-order valence-electron chi connectivity index (χ3n) is 8.69. The summed E-state index contributed by atoms with van der Waals surface area (Å²) in [5.74, 6) is -3.95. The molecule has 8 nitrogen and oxygen atoms in total. The van der Waals surface area contributed by atoms with E-state index in [0.29, 0.717) is 42.7 Å². The summed E-state index contributed by atoms with van der Waals surface area (Å²) >= 11 is 0. The molecule has 1 aliphatic heterocycles. The number of benzene rings is 1. The van der Waals surface area contributed by atoms with Crippen molar-refractivity contribution in [1.82, 2.24) is 9.55 Å². The molecule has 0 saturated heterocycles. The Morgan fingerprint density at radius 1 is 1.16 bits per heavy atom. The minimum atomic E-state index is -2.71. The zero-order chi connectivity index (χ0) is 26.5. The number of methoxy groups -OCH3 is 1. The van der Waals surface area contributed by atoms with E-state index in [1.54, 1.807) is 4.90 Å². The lowest BCUT2D eigenvalue weighted by Gasteiger charge is -2.34. The highest BCUT2D eigenvalue weighted by Crippen LogP contribution is 2.45. The molecule has 2 aliphatic carbocycles. The van der Waals surface area contributed by atoms with Crippen LogP contribution in [0.3, 0.4) is 0 Å². The Labute approximate surface area is 214 Å². The number of ether oxygens (including phenoxy) is 1. The molecule has 2 saturated carbocycles. The smallest absolute Gasteiger partial charge is 0.414 e. The van der Waals surface area contributed by atoms with Crippen molar-refractivity contribution >= 4 is 28.8 Å². The molecule has 3 aliphatic rings. The molecular formula is C27H35F2N3O5. The fraction of sp³-hybridized carbons (Fsp3) is 0.667. The molecule has 4 atom stereocenters. The molecular weight excluding hydrogens is 484 g/mol. The SMILES string of the molecule is COC(=O)N1c2ccc3c(nc([C@@H](O)C4CCC(F)(F)CC4)n3[C@@H]3CCC[C@@H](C(=O)O)C3)c2CCC1C. The Morgan fingerprint density at radius 3 is 2.57 bits per heavy atom. The Morgan fingerprint density at radius 2 is 1.89 bits per heavy atom. The molecule has 37 heavy (non-hydrogen) atoms. The summed E-state index contributed by atoms with van der Waals surface area (Å²) in [6, 6.07) is 3.53. The van der Waals surface area contributed by atoms with Crippen molar-refractivity contribution < 1.29 is 33.3 Å². The second kappa shape index (κ2) is 9.85. The number of imidazole rings is 1. The summed E-state index contributed by atoms with van der Waals surface area (Å²) in [6.45, 7) is 1.96. The number of halogens is 2. The molecule has 2 N–H and O–H groups in total. The Hall–Kier alpha value is -2.75. The van der Waals surface area contributed by atoms with Gasteiger partial charge in [-0.15, -0.1) is 0 Å². The van der Waals surface area contributed by atoms with Crippen LogP contribution in [0.2, 0.25) is 0 Å². The third kappa shape index (κ3) is 4.69.